The molecule has 1 saturated carbocycles. The number of ether oxygens (including phenoxy) is 1. The first-order chi connectivity index (χ1) is 8.18. The molecule has 0 amide bonds. The van der Waals surface area contributed by atoms with Crippen molar-refractivity contribution >= 4 is 5.97 Å². The SMILES string of the molecule is CC1(C(=O)Oc2ccccc2)CC2C=CC1C2. The Bertz CT molecular complexity index is 463. The lowest BCUT2D eigenvalue weighted by Gasteiger charge is -2.28. The van der Waals surface area contributed by atoms with Gasteiger partial charge in [0.05, 0.1) is 5.41 Å². The van der Waals surface area contributed by atoms with E-state index in [1.54, 1.807) is 0 Å². The quantitative estimate of drug-likeness (QED) is 0.441. The first-order valence-corrected chi connectivity index (χ1v) is 6.14. The molecular weight excluding hydrogens is 212 g/mol. The lowest BCUT2D eigenvalue weighted by atomic mass is 9.78. The topological polar surface area (TPSA) is 26.3 Å². The summed E-state index contributed by atoms with van der Waals surface area (Å²) in [5, 5.41) is 0. The van der Waals surface area contributed by atoms with Crippen molar-refractivity contribution in [3.63, 3.8) is 0 Å². The second-order valence-corrected chi connectivity index (χ2v) is 5.31. The maximum atomic E-state index is 12.3. The number of para-hydroxylation sites is 1. The van der Waals surface area contributed by atoms with Crippen LogP contribution in [0.25, 0.3) is 0 Å². The van der Waals surface area contributed by atoms with Gasteiger partial charge in [-0.2, -0.15) is 0 Å². The summed E-state index contributed by atoms with van der Waals surface area (Å²) < 4.78 is 5.48. The van der Waals surface area contributed by atoms with E-state index in [-0.39, 0.29) is 11.4 Å². The number of hydrogen-bond donors (Lipinski definition) is 0. The van der Waals surface area contributed by atoms with Crippen LogP contribution >= 0.6 is 0 Å². The molecule has 0 aliphatic heterocycles. The fraction of sp³-hybridized carbons (Fsp3) is 0.400. The van der Waals surface area contributed by atoms with Crippen molar-refractivity contribution < 1.29 is 9.53 Å². The van der Waals surface area contributed by atoms with Crippen LogP contribution in [-0.4, -0.2) is 5.97 Å². The van der Waals surface area contributed by atoms with Crippen molar-refractivity contribution in [3.8, 4) is 5.75 Å². The molecule has 88 valence electrons. The lowest BCUT2D eigenvalue weighted by Crippen LogP contribution is -2.35. The molecule has 17 heavy (non-hydrogen) atoms. The van der Waals surface area contributed by atoms with E-state index in [0.29, 0.717) is 17.6 Å². The zero-order valence-corrected chi connectivity index (χ0v) is 9.93. The van der Waals surface area contributed by atoms with Crippen LogP contribution in [0.15, 0.2) is 42.5 Å². The summed E-state index contributed by atoms with van der Waals surface area (Å²) in [6.45, 7) is 2.03. The van der Waals surface area contributed by atoms with Crippen LogP contribution in [0, 0.1) is 17.3 Å². The molecule has 0 N–H and O–H groups in total. The molecule has 0 heterocycles. The summed E-state index contributed by atoms with van der Waals surface area (Å²) in [5.74, 6) is 1.50. The van der Waals surface area contributed by atoms with E-state index in [9.17, 15) is 4.79 Å². The minimum atomic E-state index is -0.324. The lowest BCUT2D eigenvalue weighted by molar-refractivity contribution is -0.146. The average molecular weight is 228 g/mol. The van der Waals surface area contributed by atoms with Crippen molar-refractivity contribution in [2.75, 3.05) is 0 Å². The molecule has 0 spiro atoms. The van der Waals surface area contributed by atoms with Gasteiger partial charge in [-0.1, -0.05) is 30.4 Å². The second kappa shape index (κ2) is 3.73. The van der Waals surface area contributed by atoms with Crippen LogP contribution in [0.3, 0.4) is 0 Å². The summed E-state index contributed by atoms with van der Waals surface area (Å²) in [4.78, 5) is 12.3. The highest BCUT2D eigenvalue weighted by Crippen LogP contribution is 2.52. The molecule has 0 aromatic heterocycles. The van der Waals surface area contributed by atoms with Gasteiger partial charge in [-0.25, -0.2) is 0 Å². The van der Waals surface area contributed by atoms with E-state index in [0.717, 1.165) is 12.8 Å². The molecule has 3 unspecified atom stereocenters. The highest BCUT2D eigenvalue weighted by atomic mass is 16.5. The Morgan fingerprint density at radius 1 is 1.29 bits per heavy atom. The molecule has 3 atom stereocenters. The van der Waals surface area contributed by atoms with E-state index in [1.165, 1.54) is 0 Å². The van der Waals surface area contributed by atoms with Gasteiger partial charge in [0.25, 0.3) is 0 Å². The molecule has 2 aliphatic rings. The van der Waals surface area contributed by atoms with Gasteiger partial charge in [-0.3, -0.25) is 4.79 Å². The smallest absolute Gasteiger partial charge is 0.317 e. The first-order valence-electron chi connectivity index (χ1n) is 6.14. The van der Waals surface area contributed by atoms with E-state index in [1.807, 2.05) is 37.3 Å². The van der Waals surface area contributed by atoms with Gasteiger partial charge in [0, 0.05) is 0 Å². The van der Waals surface area contributed by atoms with Gasteiger partial charge in [0.1, 0.15) is 5.75 Å². The third kappa shape index (κ3) is 1.68. The Morgan fingerprint density at radius 2 is 2.06 bits per heavy atom. The summed E-state index contributed by atoms with van der Waals surface area (Å²) >= 11 is 0. The van der Waals surface area contributed by atoms with Crippen LogP contribution in [0.5, 0.6) is 5.75 Å². The Morgan fingerprint density at radius 3 is 2.65 bits per heavy atom. The minimum absolute atomic E-state index is 0.0828. The van der Waals surface area contributed by atoms with Crippen molar-refractivity contribution in [1.29, 1.82) is 0 Å². The van der Waals surface area contributed by atoms with Crippen LogP contribution in [0.1, 0.15) is 19.8 Å². The van der Waals surface area contributed by atoms with Crippen molar-refractivity contribution in [1.82, 2.24) is 0 Å². The average Bonchev–Trinajstić information content (AvgIpc) is 2.90. The van der Waals surface area contributed by atoms with Crippen molar-refractivity contribution in [3.05, 3.63) is 42.5 Å². The number of hydrogen-bond acceptors (Lipinski definition) is 2. The predicted molar refractivity (Wildman–Crippen MR) is 65.5 cm³/mol. The molecule has 3 rings (SSSR count). The maximum Gasteiger partial charge on any atom is 0.317 e. The largest absolute Gasteiger partial charge is 0.426 e. The molecule has 1 aromatic carbocycles. The number of benzene rings is 1. The van der Waals surface area contributed by atoms with E-state index < -0.39 is 0 Å². The van der Waals surface area contributed by atoms with Crippen molar-refractivity contribution in [2.24, 2.45) is 17.3 Å². The van der Waals surface area contributed by atoms with E-state index in [4.69, 9.17) is 4.74 Å². The van der Waals surface area contributed by atoms with E-state index in [2.05, 4.69) is 12.2 Å². The summed E-state index contributed by atoms with van der Waals surface area (Å²) in [5.41, 5.74) is -0.324. The normalized spacial score (nSPS) is 33.9. The molecule has 2 heteroatoms. The van der Waals surface area contributed by atoms with Gasteiger partial charge in [-0.15, -0.1) is 0 Å². The molecule has 1 aromatic rings. The molecule has 0 saturated heterocycles. The molecule has 0 radical (unpaired) electrons. The standard InChI is InChI=1S/C15H16O2/c1-15(10-11-7-8-12(15)9-11)14(16)17-13-5-3-2-4-6-13/h2-8,11-12H,9-10H2,1H3. The predicted octanol–water partition coefficient (Wildman–Crippen LogP) is 3.19. The Hall–Kier alpha value is -1.57. The molecule has 2 nitrogen and oxygen atoms in total. The van der Waals surface area contributed by atoms with Gasteiger partial charge in [-0.05, 0) is 43.7 Å². The van der Waals surface area contributed by atoms with Gasteiger partial charge in [0.15, 0.2) is 0 Å². The minimum Gasteiger partial charge on any atom is -0.426 e. The number of rotatable bonds is 2. The van der Waals surface area contributed by atoms with Crippen LogP contribution in [0.2, 0.25) is 0 Å². The molecule has 1 fully saturated rings. The number of carbonyl (C=O) groups is 1. The third-order valence-corrected chi connectivity index (χ3v) is 4.10. The Kier molecular flexibility index (Phi) is 2.32. The van der Waals surface area contributed by atoms with E-state index >= 15 is 0 Å². The number of esters is 1. The summed E-state index contributed by atoms with van der Waals surface area (Å²) in [6.07, 6.45) is 6.46. The second-order valence-electron chi connectivity index (χ2n) is 5.31. The van der Waals surface area contributed by atoms with Crippen LogP contribution < -0.4 is 4.74 Å². The summed E-state index contributed by atoms with van der Waals surface area (Å²) in [6, 6.07) is 9.32. The number of carbonyl (C=O) groups excluding carboxylic acids is 1. The highest BCUT2D eigenvalue weighted by molar-refractivity contribution is 5.80. The Labute approximate surface area is 101 Å². The molecular formula is C15H16O2. The monoisotopic (exact) mass is 228 g/mol. The molecule has 2 aliphatic carbocycles. The Balaban J connectivity index is 1.77. The number of fused-ring (bicyclic) bond motifs is 2. The number of allylic oxidation sites excluding steroid dienone is 2. The van der Waals surface area contributed by atoms with Gasteiger partial charge >= 0.3 is 5.97 Å². The van der Waals surface area contributed by atoms with Crippen LogP contribution in [0.4, 0.5) is 0 Å². The maximum absolute atomic E-state index is 12.3. The first kappa shape index (κ1) is 10.6. The highest BCUT2D eigenvalue weighted by Gasteiger charge is 2.51. The van der Waals surface area contributed by atoms with Gasteiger partial charge in [0.2, 0.25) is 0 Å². The zero-order valence-electron chi connectivity index (χ0n) is 9.93. The fourth-order valence-corrected chi connectivity index (χ4v) is 3.04. The third-order valence-electron chi connectivity index (χ3n) is 4.10. The van der Waals surface area contributed by atoms with Gasteiger partial charge < -0.3 is 4.74 Å². The zero-order chi connectivity index (χ0) is 11.9. The van der Waals surface area contributed by atoms with Crippen LogP contribution in [-0.2, 0) is 4.79 Å². The van der Waals surface area contributed by atoms with Crippen molar-refractivity contribution in [2.45, 2.75) is 19.8 Å². The summed E-state index contributed by atoms with van der Waals surface area (Å²) in [7, 11) is 0. The molecule has 2 bridgehead atoms. The fourth-order valence-electron chi connectivity index (χ4n) is 3.04.